The van der Waals surface area contributed by atoms with Crippen LogP contribution >= 0.6 is 0 Å². The lowest BCUT2D eigenvalue weighted by Crippen LogP contribution is -2.58. The number of nitrogens with zero attached hydrogens (tertiary/aromatic N) is 1. The molecule has 0 aliphatic carbocycles. The Morgan fingerprint density at radius 2 is 1.68 bits per heavy atom. The first-order valence-electron chi connectivity index (χ1n) is 6.22. The maximum absolute atomic E-state index is 12.6. The third-order valence-corrected chi connectivity index (χ3v) is 3.63. The van der Waals surface area contributed by atoms with Gasteiger partial charge in [-0.15, -0.1) is 0 Å². The van der Waals surface area contributed by atoms with Crippen molar-refractivity contribution in [2.75, 3.05) is 13.1 Å². The molecule has 1 fully saturated rings. The van der Waals surface area contributed by atoms with Gasteiger partial charge in [0.15, 0.2) is 5.60 Å². The lowest BCUT2D eigenvalue weighted by Gasteiger charge is -2.41. The predicted octanol–water partition coefficient (Wildman–Crippen LogP) is 1.28. The third-order valence-electron chi connectivity index (χ3n) is 3.63. The van der Waals surface area contributed by atoms with Crippen LogP contribution < -0.4 is 5.73 Å². The van der Waals surface area contributed by atoms with Crippen LogP contribution in [-0.2, 0) is 4.79 Å². The zero-order valence-corrected chi connectivity index (χ0v) is 11.4. The molecule has 4 nitrogen and oxygen atoms in total. The molecular formula is C12H21F3N2O2. The van der Waals surface area contributed by atoms with Crippen LogP contribution in [0.15, 0.2) is 0 Å². The monoisotopic (exact) mass is 282 g/mol. The van der Waals surface area contributed by atoms with E-state index in [9.17, 15) is 23.1 Å². The number of carbonyl (C=O) groups is 1. The van der Waals surface area contributed by atoms with Gasteiger partial charge < -0.3 is 15.7 Å². The standard InChI is InChI=1S/C12H21F3N2O2/c1-10(2,3)8(16)9(18)17-6-4-11(19,5-7-17)12(13,14)15/h8,19H,4-7,16H2,1-3H3/t8-/m0/s1. The van der Waals surface area contributed by atoms with E-state index in [1.54, 1.807) is 20.8 Å². The molecule has 1 heterocycles. The molecule has 0 unspecified atom stereocenters. The van der Waals surface area contributed by atoms with Crippen LogP contribution in [0.5, 0.6) is 0 Å². The van der Waals surface area contributed by atoms with Gasteiger partial charge in [0.2, 0.25) is 5.91 Å². The van der Waals surface area contributed by atoms with Crippen molar-refractivity contribution in [1.29, 1.82) is 0 Å². The molecule has 0 aromatic rings. The summed E-state index contributed by atoms with van der Waals surface area (Å²) in [7, 11) is 0. The highest BCUT2D eigenvalue weighted by atomic mass is 19.4. The molecule has 7 heteroatoms. The van der Waals surface area contributed by atoms with E-state index in [-0.39, 0.29) is 19.0 Å². The molecule has 1 atom stereocenters. The summed E-state index contributed by atoms with van der Waals surface area (Å²) in [6.45, 7) is 5.14. The topological polar surface area (TPSA) is 66.6 Å². The van der Waals surface area contributed by atoms with Crippen molar-refractivity contribution in [3.8, 4) is 0 Å². The summed E-state index contributed by atoms with van der Waals surface area (Å²) in [6, 6.07) is -0.760. The van der Waals surface area contributed by atoms with Gasteiger partial charge in [-0.05, 0) is 5.41 Å². The molecule has 19 heavy (non-hydrogen) atoms. The van der Waals surface area contributed by atoms with E-state index >= 15 is 0 Å². The second-order valence-corrected chi connectivity index (χ2v) is 6.20. The fraction of sp³-hybridized carbons (Fsp3) is 0.917. The lowest BCUT2D eigenvalue weighted by molar-refractivity contribution is -0.272. The van der Waals surface area contributed by atoms with Gasteiger partial charge in [-0.3, -0.25) is 4.79 Å². The molecule has 0 bridgehead atoms. The van der Waals surface area contributed by atoms with Gasteiger partial charge in [-0.25, -0.2) is 0 Å². The van der Waals surface area contributed by atoms with E-state index in [4.69, 9.17) is 5.73 Å². The van der Waals surface area contributed by atoms with Crippen LogP contribution in [-0.4, -0.2) is 46.8 Å². The van der Waals surface area contributed by atoms with Crippen molar-refractivity contribution < 1.29 is 23.1 Å². The molecule has 0 spiro atoms. The minimum absolute atomic E-state index is 0.126. The average Bonchev–Trinajstić information content (AvgIpc) is 2.25. The number of likely N-dealkylation sites (tertiary alicyclic amines) is 1. The first-order chi connectivity index (χ1) is 8.38. The Balaban J connectivity index is 2.67. The zero-order valence-electron chi connectivity index (χ0n) is 11.4. The van der Waals surface area contributed by atoms with Gasteiger partial charge in [-0.2, -0.15) is 13.2 Å². The first-order valence-corrected chi connectivity index (χ1v) is 6.22. The van der Waals surface area contributed by atoms with Crippen LogP contribution in [0.2, 0.25) is 0 Å². The number of amides is 1. The molecule has 1 aliphatic rings. The Bertz CT molecular complexity index is 342. The maximum Gasteiger partial charge on any atom is 0.417 e. The second kappa shape index (κ2) is 4.94. The molecule has 0 radical (unpaired) electrons. The van der Waals surface area contributed by atoms with Gasteiger partial charge in [0.05, 0.1) is 6.04 Å². The Morgan fingerprint density at radius 1 is 1.26 bits per heavy atom. The molecule has 1 aliphatic heterocycles. The van der Waals surface area contributed by atoms with Crippen LogP contribution in [0.3, 0.4) is 0 Å². The number of halogens is 3. The molecule has 0 aromatic heterocycles. The second-order valence-electron chi connectivity index (χ2n) is 6.20. The number of carbonyl (C=O) groups excluding carboxylic acids is 1. The summed E-state index contributed by atoms with van der Waals surface area (Å²) in [5, 5.41) is 9.51. The smallest absolute Gasteiger partial charge is 0.380 e. The summed E-state index contributed by atoms with van der Waals surface area (Å²) < 4.78 is 37.9. The Morgan fingerprint density at radius 3 is 2.00 bits per heavy atom. The Kier molecular flexibility index (Phi) is 4.22. The number of nitrogens with two attached hydrogens (primary N) is 1. The highest BCUT2D eigenvalue weighted by molar-refractivity contribution is 5.82. The third kappa shape index (κ3) is 3.39. The maximum atomic E-state index is 12.6. The van der Waals surface area contributed by atoms with Gasteiger partial charge in [0, 0.05) is 25.9 Å². The van der Waals surface area contributed by atoms with Crippen LogP contribution in [0, 0.1) is 5.41 Å². The quantitative estimate of drug-likeness (QED) is 0.761. The molecule has 0 aromatic carbocycles. The van der Waals surface area contributed by atoms with Gasteiger partial charge in [0.25, 0.3) is 0 Å². The molecule has 0 saturated carbocycles. The van der Waals surface area contributed by atoms with Crippen molar-refractivity contribution in [2.45, 2.75) is 51.4 Å². The largest absolute Gasteiger partial charge is 0.417 e. The number of hydrogen-bond donors (Lipinski definition) is 2. The number of rotatable bonds is 1. The Labute approximate surface area is 110 Å². The summed E-state index contributed by atoms with van der Waals surface area (Å²) in [4.78, 5) is 13.3. The van der Waals surface area contributed by atoms with E-state index in [1.165, 1.54) is 4.90 Å². The van der Waals surface area contributed by atoms with Gasteiger partial charge >= 0.3 is 6.18 Å². The van der Waals surface area contributed by atoms with Crippen LogP contribution in [0.4, 0.5) is 13.2 Å². The van der Waals surface area contributed by atoms with Crippen LogP contribution in [0.1, 0.15) is 33.6 Å². The van der Waals surface area contributed by atoms with E-state index in [0.717, 1.165) is 0 Å². The average molecular weight is 282 g/mol. The number of aliphatic hydroxyl groups is 1. The zero-order chi connectivity index (χ0) is 15.1. The minimum atomic E-state index is -4.66. The summed E-state index contributed by atoms with van der Waals surface area (Å²) in [6.07, 6.45) is -5.66. The minimum Gasteiger partial charge on any atom is -0.380 e. The number of piperidine rings is 1. The SMILES string of the molecule is CC(C)(C)[C@@H](N)C(=O)N1CCC(O)(C(F)(F)F)CC1. The highest BCUT2D eigenvalue weighted by Gasteiger charge is 2.55. The van der Waals surface area contributed by atoms with Crippen molar-refractivity contribution in [3.63, 3.8) is 0 Å². The summed E-state index contributed by atoms with van der Waals surface area (Å²) in [5.41, 5.74) is 2.67. The van der Waals surface area contributed by atoms with Crippen molar-refractivity contribution >= 4 is 5.91 Å². The van der Waals surface area contributed by atoms with E-state index in [1.807, 2.05) is 0 Å². The number of hydrogen-bond acceptors (Lipinski definition) is 3. The van der Waals surface area contributed by atoms with Crippen molar-refractivity contribution in [2.24, 2.45) is 11.1 Å². The lowest BCUT2D eigenvalue weighted by atomic mass is 9.85. The van der Waals surface area contributed by atoms with Gasteiger partial charge in [-0.1, -0.05) is 20.8 Å². The normalized spacial score (nSPS) is 22.2. The fourth-order valence-corrected chi connectivity index (χ4v) is 1.95. The van der Waals surface area contributed by atoms with Crippen molar-refractivity contribution in [1.82, 2.24) is 4.90 Å². The number of alkyl halides is 3. The Hall–Kier alpha value is -0.820. The molecular weight excluding hydrogens is 261 g/mol. The molecule has 1 rings (SSSR count). The predicted molar refractivity (Wildman–Crippen MR) is 64.2 cm³/mol. The van der Waals surface area contributed by atoms with Crippen LogP contribution in [0.25, 0.3) is 0 Å². The molecule has 1 amide bonds. The molecule has 112 valence electrons. The molecule has 1 saturated heterocycles. The first kappa shape index (κ1) is 16.2. The van der Waals surface area contributed by atoms with E-state index in [0.29, 0.717) is 0 Å². The fourth-order valence-electron chi connectivity index (χ4n) is 1.95. The molecule has 3 N–H and O–H groups in total. The van der Waals surface area contributed by atoms with E-state index in [2.05, 4.69) is 0 Å². The van der Waals surface area contributed by atoms with Gasteiger partial charge in [0.1, 0.15) is 0 Å². The summed E-state index contributed by atoms with van der Waals surface area (Å²) in [5.74, 6) is -0.364. The summed E-state index contributed by atoms with van der Waals surface area (Å²) >= 11 is 0. The van der Waals surface area contributed by atoms with E-state index < -0.39 is 36.1 Å². The highest BCUT2D eigenvalue weighted by Crippen LogP contribution is 2.38. The van der Waals surface area contributed by atoms with Crippen molar-refractivity contribution in [3.05, 3.63) is 0 Å².